The minimum atomic E-state index is -0.750. The lowest BCUT2D eigenvalue weighted by atomic mass is 9.57. The molecule has 0 radical (unpaired) electrons. The molecule has 0 aromatic heterocycles. The van der Waals surface area contributed by atoms with Crippen molar-refractivity contribution in [1.82, 2.24) is 0 Å². The lowest BCUT2D eigenvalue weighted by Crippen LogP contribution is -2.70. The van der Waals surface area contributed by atoms with Crippen LogP contribution in [0.4, 0.5) is 0 Å². The van der Waals surface area contributed by atoms with Gasteiger partial charge in [-0.05, 0) is 56.8 Å². The molecule has 6 heteroatoms. The van der Waals surface area contributed by atoms with Crippen LogP contribution < -0.4 is 0 Å². The highest BCUT2D eigenvalue weighted by molar-refractivity contribution is 5.66. The predicted molar refractivity (Wildman–Crippen MR) is 88.3 cm³/mol. The van der Waals surface area contributed by atoms with E-state index in [-0.39, 0.29) is 12.5 Å². The van der Waals surface area contributed by atoms with Gasteiger partial charge in [-0.3, -0.25) is 4.79 Å². The highest BCUT2D eigenvalue weighted by atomic mass is 17.3. The summed E-state index contributed by atoms with van der Waals surface area (Å²) in [5.74, 6) is 0.0675. The molecule has 25 heavy (non-hydrogen) atoms. The van der Waals surface area contributed by atoms with E-state index in [1.54, 1.807) is 0 Å². The average molecular weight is 354 g/mol. The second-order valence-electron chi connectivity index (χ2n) is 8.73. The quantitative estimate of drug-likeness (QED) is 0.779. The molecule has 0 amide bonds. The molecule has 6 nitrogen and oxygen atoms in total. The number of aliphatic carboxylic acids is 1. The molecule has 5 aliphatic rings. The van der Waals surface area contributed by atoms with E-state index in [2.05, 4.69) is 13.8 Å². The smallest absolute Gasteiger partial charge is 0.303 e. The number of hydrogen-bond acceptors (Lipinski definition) is 5. The highest BCUT2D eigenvalue weighted by Gasteiger charge is 2.69. The van der Waals surface area contributed by atoms with Crippen molar-refractivity contribution < 1.29 is 29.1 Å². The first-order valence-corrected chi connectivity index (χ1v) is 9.77. The largest absolute Gasteiger partial charge is 0.481 e. The van der Waals surface area contributed by atoms with Gasteiger partial charge >= 0.3 is 5.97 Å². The van der Waals surface area contributed by atoms with Gasteiger partial charge in [0.1, 0.15) is 0 Å². The molecule has 1 saturated carbocycles. The van der Waals surface area contributed by atoms with Gasteiger partial charge in [-0.1, -0.05) is 13.8 Å². The van der Waals surface area contributed by atoms with Gasteiger partial charge in [-0.25, -0.2) is 9.78 Å². The third-order valence-electron chi connectivity index (χ3n) is 7.17. The van der Waals surface area contributed by atoms with Crippen molar-refractivity contribution in [3.8, 4) is 0 Å². The number of carboxylic acids is 1. The minimum absolute atomic E-state index is 0.0144. The molecule has 5 fully saturated rings. The molecular weight excluding hydrogens is 324 g/mol. The zero-order chi connectivity index (χ0) is 17.8. The van der Waals surface area contributed by atoms with Crippen molar-refractivity contribution in [2.75, 3.05) is 0 Å². The van der Waals surface area contributed by atoms with E-state index in [1.807, 2.05) is 6.92 Å². The van der Waals surface area contributed by atoms with Gasteiger partial charge in [0.05, 0.1) is 6.10 Å². The molecular formula is C19H30O6. The summed E-state index contributed by atoms with van der Waals surface area (Å²) in [4.78, 5) is 22.7. The first kappa shape index (κ1) is 17.7. The number of carbonyl (C=O) groups is 1. The van der Waals surface area contributed by atoms with Crippen molar-refractivity contribution in [1.29, 1.82) is 0 Å². The normalized spacial score (nSPS) is 51.6. The summed E-state index contributed by atoms with van der Waals surface area (Å²) in [6, 6.07) is 0. The number of rotatable bonds is 4. The van der Waals surface area contributed by atoms with Gasteiger partial charge < -0.3 is 14.6 Å². The summed E-state index contributed by atoms with van der Waals surface area (Å²) in [6.07, 6.45) is 5.28. The van der Waals surface area contributed by atoms with E-state index in [9.17, 15) is 4.79 Å². The van der Waals surface area contributed by atoms with Gasteiger partial charge in [0, 0.05) is 18.8 Å². The molecule has 2 bridgehead atoms. The Morgan fingerprint density at radius 3 is 2.72 bits per heavy atom. The van der Waals surface area contributed by atoms with Crippen LogP contribution in [0.1, 0.15) is 65.7 Å². The molecule has 1 N–H and O–H groups in total. The molecule has 5 rings (SSSR count). The standard InChI is InChI=1S/C19H30O6/c1-11-7-8-14-12(2)15(5-4-6-16(20)21)22-17-19(14)13(11)9-10-18(3,23-17)24-25-19/h11-15,17H,4-10H2,1-3H3,(H,20,21)/t11-,12-,13+,14+,15-,17-,18?,19-/m1/s1. The fraction of sp³-hybridized carbons (Fsp3) is 0.947. The minimum Gasteiger partial charge on any atom is -0.481 e. The molecule has 4 heterocycles. The van der Waals surface area contributed by atoms with Crippen LogP contribution in [-0.4, -0.2) is 34.9 Å². The Morgan fingerprint density at radius 2 is 1.96 bits per heavy atom. The van der Waals surface area contributed by atoms with E-state index in [0.29, 0.717) is 30.1 Å². The average Bonchev–Trinajstić information content (AvgIpc) is 2.78. The van der Waals surface area contributed by atoms with Crippen molar-refractivity contribution in [2.24, 2.45) is 23.7 Å². The fourth-order valence-corrected chi connectivity index (χ4v) is 5.76. The first-order valence-electron chi connectivity index (χ1n) is 9.77. The van der Waals surface area contributed by atoms with Crippen LogP contribution >= 0.6 is 0 Å². The third kappa shape index (κ3) is 2.73. The molecule has 0 aromatic rings. The molecule has 8 atom stereocenters. The topological polar surface area (TPSA) is 74.2 Å². The molecule has 0 aromatic carbocycles. The maximum Gasteiger partial charge on any atom is 0.303 e. The number of fused-ring (bicyclic) bond motifs is 2. The zero-order valence-corrected chi connectivity index (χ0v) is 15.4. The Balaban J connectivity index is 1.62. The van der Waals surface area contributed by atoms with Crippen LogP contribution in [0.2, 0.25) is 0 Å². The lowest BCUT2D eigenvalue weighted by molar-refractivity contribution is -0.571. The first-order chi connectivity index (χ1) is 11.9. The maximum atomic E-state index is 10.8. The Bertz CT molecular complexity index is 538. The van der Waals surface area contributed by atoms with E-state index >= 15 is 0 Å². The summed E-state index contributed by atoms with van der Waals surface area (Å²) >= 11 is 0. The predicted octanol–water partition coefficient (Wildman–Crippen LogP) is 3.49. The lowest BCUT2D eigenvalue weighted by Gasteiger charge is -2.60. The summed E-state index contributed by atoms with van der Waals surface area (Å²) in [7, 11) is 0. The van der Waals surface area contributed by atoms with E-state index in [1.165, 1.54) is 6.42 Å². The number of ether oxygens (including phenoxy) is 2. The summed E-state index contributed by atoms with van der Waals surface area (Å²) in [5.41, 5.74) is -0.517. The molecule has 142 valence electrons. The van der Waals surface area contributed by atoms with Crippen LogP contribution in [0, 0.1) is 23.7 Å². The van der Waals surface area contributed by atoms with Crippen LogP contribution in [0.3, 0.4) is 0 Å². The Labute approximate surface area is 149 Å². The fourth-order valence-electron chi connectivity index (χ4n) is 5.76. The second kappa shape index (κ2) is 6.19. The van der Waals surface area contributed by atoms with Crippen molar-refractivity contribution in [3.05, 3.63) is 0 Å². The second-order valence-corrected chi connectivity index (χ2v) is 8.73. The summed E-state index contributed by atoms with van der Waals surface area (Å²) in [5, 5.41) is 8.92. The summed E-state index contributed by atoms with van der Waals surface area (Å²) in [6.45, 7) is 6.45. The van der Waals surface area contributed by atoms with Gasteiger partial charge in [0.25, 0.3) is 0 Å². The third-order valence-corrected chi connectivity index (χ3v) is 7.17. The van der Waals surface area contributed by atoms with E-state index in [4.69, 9.17) is 24.4 Å². The van der Waals surface area contributed by atoms with Gasteiger partial charge in [0.15, 0.2) is 11.9 Å². The van der Waals surface area contributed by atoms with E-state index in [0.717, 1.165) is 25.7 Å². The van der Waals surface area contributed by atoms with Crippen molar-refractivity contribution in [3.63, 3.8) is 0 Å². The Hall–Kier alpha value is -0.690. The SMILES string of the molecule is C[C@H]1[C@@H](CCCC(=O)O)O[C@@H]2OC3(C)CC[C@H]4[C@H](C)CC[C@@H]1[C@@]24OO3. The monoisotopic (exact) mass is 354 g/mol. The Morgan fingerprint density at radius 1 is 1.16 bits per heavy atom. The summed E-state index contributed by atoms with van der Waals surface area (Å²) < 4.78 is 12.7. The molecule has 4 aliphatic heterocycles. The molecule has 1 aliphatic carbocycles. The van der Waals surface area contributed by atoms with Crippen LogP contribution in [0.15, 0.2) is 0 Å². The molecule has 4 saturated heterocycles. The van der Waals surface area contributed by atoms with Crippen LogP contribution in [-0.2, 0) is 24.0 Å². The van der Waals surface area contributed by atoms with Gasteiger partial charge in [-0.2, -0.15) is 0 Å². The highest BCUT2D eigenvalue weighted by Crippen LogP contribution is 2.60. The zero-order valence-electron chi connectivity index (χ0n) is 15.4. The van der Waals surface area contributed by atoms with Crippen molar-refractivity contribution in [2.45, 2.75) is 89.5 Å². The van der Waals surface area contributed by atoms with Crippen LogP contribution in [0.25, 0.3) is 0 Å². The maximum absolute atomic E-state index is 10.8. The Kier molecular flexibility index (Phi) is 4.38. The number of carboxylic acid groups (broad SMARTS) is 1. The van der Waals surface area contributed by atoms with Gasteiger partial charge in [-0.15, -0.1) is 0 Å². The van der Waals surface area contributed by atoms with Crippen LogP contribution in [0.5, 0.6) is 0 Å². The number of hydrogen-bond donors (Lipinski definition) is 1. The molecule has 1 unspecified atom stereocenters. The van der Waals surface area contributed by atoms with Gasteiger partial charge in [0.2, 0.25) is 5.79 Å². The van der Waals surface area contributed by atoms with Crippen molar-refractivity contribution >= 4 is 5.97 Å². The molecule has 1 spiro atoms. The van der Waals surface area contributed by atoms with E-state index < -0.39 is 23.6 Å².